The molecule has 0 radical (unpaired) electrons. The molecule has 2 aliphatic carbocycles. The van der Waals surface area contributed by atoms with Crippen LogP contribution in [0.5, 0.6) is 0 Å². The van der Waals surface area contributed by atoms with Gasteiger partial charge in [-0.25, -0.2) is 4.79 Å². The maximum absolute atomic E-state index is 10.6. The van der Waals surface area contributed by atoms with Crippen molar-refractivity contribution in [2.45, 2.75) is 44.9 Å². The average Bonchev–Trinajstić information content (AvgIpc) is 3.07. The van der Waals surface area contributed by atoms with Crippen molar-refractivity contribution in [1.29, 1.82) is 0 Å². The molecule has 2 heteroatoms. The third-order valence-corrected chi connectivity index (χ3v) is 4.91. The Labute approximate surface area is 131 Å². The molecule has 0 spiro atoms. The molecule has 2 atom stereocenters. The van der Waals surface area contributed by atoms with Crippen LogP contribution >= 0.6 is 0 Å². The first-order valence-corrected chi connectivity index (χ1v) is 7.95. The normalized spacial score (nSPS) is 24.1. The highest BCUT2D eigenvalue weighted by Gasteiger charge is 2.36. The van der Waals surface area contributed by atoms with Crippen molar-refractivity contribution >= 4 is 11.5 Å². The van der Waals surface area contributed by atoms with E-state index in [-0.39, 0.29) is 0 Å². The lowest BCUT2D eigenvalue weighted by atomic mass is 9.89. The number of hydrogen-bond acceptors (Lipinski definition) is 1. The van der Waals surface area contributed by atoms with Crippen molar-refractivity contribution < 1.29 is 9.90 Å². The van der Waals surface area contributed by atoms with Crippen LogP contribution < -0.4 is 0 Å². The van der Waals surface area contributed by atoms with Gasteiger partial charge in [-0.3, -0.25) is 0 Å². The van der Waals surface area contributed by atoms with Crippen LogP contribution in [0.3, 0.4) is 0 Å². The predicted molar refractivity (Wildman–Crippen MR) is 90.0 cm³/mol. The van der Waals surface area contributed by atoms with Gasteiger partial charge in [0.05, 0.1) is 0 Å². The molecule has 114 valence electrons. The van der Waals surface area contributed by atoms with E-state index >= 15 is 0 Å². The molecule has 2 bridgehead atoms. The van der Waals surface area contributed by atoms with Crippen LogP contribution in [0.1, 0.15) is 61.6 Å². The SMILES string of the molecule is CC(C=CC=C(C)c1ccc2c(c1)C1CCC2C1)=CC(=O)O. The molecule has 2 nitrogen and oxygen atoms in total. The second kappa shape index (κ2) is 5.96. The Kier molecular flexibility index (Phi) is 4.02. The number of aliphatic carboxylic acids is 1. The minimum atomic E-state index is -0.906. The first-order chi connectivity index (χ1) is 10.5. The van der Waals surface area contributed by atoms with Crippen molar-refractivity contribution in [2.24, 2.45) is 0 Å². The molecule has 1 saturated carbocycles. The zero-order chi connectivity index (χ0) is 15.7. The third-order valence-electron chi connectivity index (χ3n) is 4.91. The largest absolute Gasteiger partial charge is 0.478 e. The van der Waals surface area contributed by atoms with E-state index in [1.54, 1.807) is 18.1 Å². The van der Waals surface area contributed by atoms with Crippen LogP contribution in [0.2, 0.25) is 0 Å². The van der Waals surface area contributed by atoms with Gasteiger partial charge in [0, 0.05) is 6.08 Å². The Morgan fingerprint density at radius 1 is 1.18 bits per heavy atom. The Morgan fingerprint density at radius 2 is 1.91 bits per heavy atom. The van der Waals surface area contributed by atoms with Crippen molar-refractivity contribution in [1.82, 2.24) is 0 Å². The van der Waals surface area contributed by atoms with E-state index in [1.165, 1.54) is 36.5 Å². The molecule has 22 heavy (non-hydrogen) atoms. The van der Waals surface area contributed by atoms with Gasteiger partial charge in [0.1, 0.15) is 0 Å². The maximum atomic E-state index is 10.6. The number of carboxylic acids is 1. The molecule has 1 aromatic rings. The fourth-order valence-corrected chi connectivity index (χ4v) is 3.78. The standard InChI is InChI=1S/C20H22O2/c1-13(10-20(21)22)4-3-5-14(2)15-8-9-18-16-6-7-17(11-16)19(18)12-15/h3-5,8-10,12,16-17H,6-7,11H2,1-2H3,(H,21,22). The van der Waals surface area contributed by atoms with Gasteiger partial charge in [0.25, 0.3) is 0 Å². The molecule has 2 aliphatic rings. The zero-order valence-corrected chi connectivity index (χ0v) is 13.2. The number of hydrogen-bond donors (Lipinski definition) is 1. The smallest absolute Gasteiger partial charge is 0.328 e. The van der Waals surface area contributed by atoms with E-state index in [4.69, 9.17) is 5.11 Å². The summed E-state index contributed by atoms with van der Waals surface area (Å²) < 4.78 is 0. The van der Waals surface area contributed by atoms with Crippen LogP contribution in [-0.4, -0.2) is 11.1 Å². The van der Waals surface area contributed by atoms with Crippen molar-refractivity contribution in [3.05, 3.63) is 64.8 Å². The van der Waals surface area contributed by atoms with Crippen molar-refractivity contribution in [2.75, 3.05) is 0 Å². The summed E-state index contributed by atoms with van der Waals surface area (Å²) in [7, 11) is 0. The minimum Gasteiger partial charge on any atom is -0.478 e. The Hall–Kier alpha value is -2.09. The van der Waals surface area contributed by atoms with E-state index in [2.05, 4.69) is 25.1 Å². The fraction of sp³-hybridized carbons (Fsp3) is 0.350. The van der Waals surface area contributed by atoms with Gasteiger partial charge in [-0.1, -0.05) is 36.4 Å². The summed E-state index contributed by atoms with van der Waals surface area (Å²) in [6.45, 7) is 3.90. The Morgan fingerprint density at radius 3 is 2.64 bits per heavy atom. The molecule has 0 amide bonds. The highest BCUT2D eigenvalue weighted by Crippen LogP contribution is 2.53. The molecular formula is C20H22O2. The average molecular weight is 294 g/mol. The number of fused-ring (bicyclic) bond motifs is 5. The van der Waals surface area contributed by atoms with Crippen LogP contribution in [0.15, 0.2) is 48.1 Å². The first-order valence-electron chi connectivity index (χ1n) is 7.95. The molecule has 0 aromatic heterocycles. The molecule has 0 saturated heterocycles. The molecule has 1 fully saturated rings. The van der Waals surface area contributed by atoms with Crippen LogP contribution in [0, 0.1) is 0 Å². The lowest BCUT2D eigenvalue weighted by Gasteiger charge is -2.16. The Balaban J connectivity index is 1.77. The number of allylic oxidation sites excluding steroid dienone is 5. The van der Waals surface area contributed by atoms with Gasteiger partial charge in [0.2, 0.25) is 0 Å². The summed E-state index contributed by atoms with van der Waals surface area (Å²) in [6, 6.07) is 6.89. The van der Waals surface area contributed by atoms with Crippen LogP contribution in [0.25, 0.3) is 5.57 Å². The topological polar surface area (TPSA) is 37.3 Å². The summed E-state index contributed by atoms with van der Waals surface area (Å²) in [5, 5.41) is 8.69. The minimum absolute atomic E-state index is 0.739. The predicted octanol–water partition coefficient (Wildman–Crippen LogP) is 5.04. The highest BCUT2D eigenvalue weighted by atomic mass is 16.4. The number of carboxylic acid groups (broad SMARTS) is 1. The quantitative estimate of drug-likeness (QED) is 0.624. The third kappa shape index (κ3) is 2.92. The number of benzene rings is 1. The van der Waals surface area contributed by atoms with Crippen LogP contribution in [-0.2, 0) is 4.79 Å². The van der Waals surface area contributed by atoms with E-state index in [0.29, 0.717) is 0 Å². The van der Waals surface area contributed by atoms with E-state index in [0.717, 1.165) is 17.4 Å². The van der Waals surface area contributed by atoms with Crippen molar-refractivity contribution in [3.8, 4) is 0 Å². The second-order valence-corrected chi connectivity index (χ2v) is 6.49. The first kappa shape index (κ1) is 14.8. The zero-order valence-electron chi connectivity index (χ0n) is 13.2. The molecule has 2 unspecified atom stereocenters. The monoisotopic (exact) mass is 294 g/mol. The second-order valence-electron chi connectivity index (χ2n) is 6.49. The molecule has 0 heterocycles. The molecule has 1 N–H and O–H groups in total. The summed E-state index contributed by atoms with van der Waals surface area (Å²) in [4.78, 5) is 10.6. The maximum Gasteiger partial charge on any atom is 0.328 e. The molecule has 0 aliphatic heterocycles. The van der Waals surface area contributed by atoms with Crippen molar-refractivity contribution in [3.63, 3.8) is 0 Å². The molecule has 1 aromatic carbocycles. The lowest BCUT2D eigenvalue weighted by Crippen LogP contribution is -1.98. The number of rotatable bonds is 4. The van der Waals surface area contributed by atoms with Gasteiger partial charge in [-0.05, 0) is 72.8 Å². The van der Waals surface area contributed by atoms with E-state index < -0.39 is 5.97 Å². The molecule has 3 rings (SSSR count). The molecular weight excluding hydrogens is 272 g/mol. The summed E-state index contributed by atoms with van der Waals surface area (Å²) in [6.07, 6.45) is 11.1. The van der Waals surface area contributed by atoms with E-state index in [9.17, 15) is 4.79 Å². The number of carbonyl (C=O) groups is 1. The lowest BCUT2D eigenvalue weighted by molar-refractivity contribution is -0.131. The van der Waals surface area contributed by atoms with Gasteiger partial charge in [0.15, 0.2) is 0 Å². The van der Waals surface area contributed by atoms with Gasteiger partial charge >= 0.3 is 5.97 Å². The van der Waals surface area contributed by atoms with Crippen LogP contribution in [0.4, 0.5) is 0 Å². The van der Waals surface area contributed by atoms with E-state index in [1.807, 2.05) is 18.2 Å². The van der Waals surface area contributed by atoms with Gasteiger partial charge < -0.3 is 5.11 Å². The summed E-state index contributed by atoms with van der Waals surface area (Å²) in [5.41, 5.74) is 6.36. The van der Waals surface area contributed by atoms with Gasteiger partial charge in [-0.15, -0.1) is 0 Å². The fourth-order valence-electron chi connectivity index (χ4n) is 3.78. The Bertz CT molecular complexity index is 692. The highest BCUT2D eigenvalue weighted by molar-refractivity contribution is 5.81. The summed E-state index contributed by atoms with van der Waals surface area (Å²) >= 11 is 0. The summed E-state index contributed by atoms with van der Waals surface area (Å²) in [5.74, 6) is 0.683. The van der Waals surface area contributed by atoms with Gasteiger partial charge in [-0.2, -0.15) is 0 Å².